The largest absolute Gasteiger partial charge is 0.480 e. The number of carboxylic acid groups (broad SMARTS) is 1. The fourth-order valence-electron chi connectivity index (χ4n) is 1.07. The lowest BCUT2D eigenvalue weighted by Crippen LogP contribution is -2.48. The molecule has 0 fully saturated rings. The van der Waals surface area contributed by atoms with Crippen LogP contribution in [-0.2, 0) is 9.59 Å². The van der Waals surface area contributed by atoms with E-state index in [1.165, 1.54) is 0 Å². The molecule has 0 aliphatic rings. The van der Waals surface area contributed by atoms with E-state index in [1.54, 1.807) is 0 Å². The molecule has 0 saturated carbocycles. The predicted molar refractivity (Wildman–Crippen MR) is 54.1 cm³/mol. The maximum absolute atomic E-state index is 11.2. The maximum atomic E-state index is 11.2. The van der Waals surface area contributed by atoms with Crippen molar-refractivity contribution in [2.45, 2.75) is 32.4 Å². The fourth-order valence-corrected chi connectivity index (χ4v) is 1.07. The Bertz CT molecular complexity index is 230. The smallest absolute Gasteiger partial charge is 0.326 e. The van der Waals surface area contributed by atoms with Crippen LogP contribution < -0.4 is 11.1 Å². The van der Waals surface area contributed by atoms with Crippen molar-refractivity contribution in [3.8, 4) is 0 Å². The molecule has 0 aliphatic heterocycles. The van der Waals surface area contributed by atoms with Gasteiger partial charge in [-0.15, -0.1) is 0 Å². The Morgan fingerprint density at radius 3 is 2.27 bits per heavy atom. The summed E-state index contributed by atoms with van der Waals surface area (Å²) in [6.45, 7) is 3.47. The minimum Gasteiger partial charge on any atom is -0.480 e. The van der Waals surface area contributed by atoms with Crippen LogP contribution >= 0.6 is 0 Å². The van der Waals surface area contributed by atoms with Crippen molar-refractivity contribution in [2.24, 2.45) is 11.7 Å². The van der Waals surface area contributed by atoms with Crippen molar-refractivity contribution >= 4 is 11.9 Å². The van der Waals surface area contributed by atoms with Gasteiger partial charge in [0.2, 0.25) is 0 Å². The molecule has 0 bridgehead atoms. The Labute approximate surface area is 88.5 Å². The summed E-state index contributed by atoms with van der Waals surface area (Å²) in [6, 6.07) is -0.973. The van der Waals surface area contributed by atoms with Gasteiger partial charge < -0.3 is 21.3 Å². The van der Waals surface area contributed by atoms with E-state index in [4.69, 9.17) is 15.9 Å². The van der Waals surface area contributed by atoms with Gasteiger partial charge in [0.05, 0.1) is 0 Å². The van der Waals surface area contributed by atoms with Gasteiger partial charge in [-0.25, -0.2) is 4.79 Å². The SMILES string of the molecule is CC(C)C[C@H](NC(=O)C(O)CN)C(=O)O. The lowest BCUT2D eigenvalue weighted by Gasteiger charge is -2.17. The first kappa shape index (κ1) is 13.9. The number of carboxylic acids is 1. The minimum atomic E-state index is -1.35. The molecule has 6 heteroatoms. The summed E-state index contributed by atoms with van der Waals surface area (Å²) in [4.78, 5) is 21.9. The van der Waals surface area contributed by atoms with Crippen molar-refractivity contribution < 1.29 is 19.8 Å². The second kappa shape index (κ2) is 6.36. The van der Waals surface area contributed by atoms with E-state index in [1.807, 2.05) is 13.8 Å². The third-order valence-electron chi connectivity index (χ3n) is 1.85. The predicted octanol–water partition coefficient (Wildman–Crippen LogP) is -1.08. The average Bonchev–Trinajstić information content (AvgIpc) is 2.14. The molecule has 1 unspecified atom stereocenters. The van der Waals surface area contributed by atoms with Gasteiger partial charge in [0.25, 0.3) is 5.91 Å². The third kappa shape index (κ3) is 5.34. The number of nitrogens with one attached hydrogen (secondary N) is 1. The lowest BCUT2D eigenvalue weighted by atomic mass is 10.0. The Kier molecular flexibility index (Phi) is 5.88. The number of amides is 1. The van der Waals surface area contributed by atoms with Crippen molar-refractivity contribution in [1.82, 2.24) is 5.32 Å². The van der Waals surface area contributed by atoms with Crippen LogP contribution in [0.2, 0.25) is 0 Å². The molecule has 0 radical (unpaired) electrons. The van der Waals surface area contributed by atoms with Crippen molar-refractivity contribution in [2.75, 3.05) is 6.54 Å². The molecule has 0 aromatic rings. The second-order valence-electron chi connectivity index (χ2n) is 3.78. The molecule has 1 amide bonds. The highest BCUT2D eigenvalue weighted by atomic mass is 16.4. The molecule has 5 N–H and O–H groups in total. The van der Waals surface area contributed by atoms with Crippen LogP contribution in [-0.4, -0.2) is 40.8 Å². The molecule has 0 saturated heterocycles. The summed E-state index contributed by atoms with van der Waals surface area (Å²) in [5.41, 5.74) is 5.07. The first-order valence-electron chi connectivity index (χ1n) is 4.79. The summed E-state index contributed by atoms with van der Waals surface area (Å²) < 4.78 is 0. The first-order valence-corrected chi connectivity index (χ1v) is 4.79. The van der Waals surface area contributed by atoms with Gasteiger partial charge in [-0.2, -0.15) is 0 Å². The molecule has 0 aromatic heterocycles. The Balaban J connectivity index is 4.29. The third-order valence-corrected chi connectivity index (χ3v) is 1.85. The van der Waals surface area contributed by atoms with Crippen molar-refractivity contribution in [1.29, 1.82) is 0 Å². The summed E-state index contributed by atoms with van der Waals surface area (Å²) in [6.07, 6.45) is -1.03. The zero-order valence-corrected chi connectivity index (χ0v) is 8.93. The molecule has 0 aliphatic carbocycles. The van der Waals surface area contributed by atoms with Crippen molar-refractivity contribution in [3.63, 3.8) is 0 Å². The van der Waals surface area contributed by atoms with Gasteiger partial charge in [0.1, 0.15) is 12.1 Å². The minimum absolute atomic E-state index is 0.140. The van der Waals surface area contributed by atoms with Gasteiger partial charge in [0.15, 0.2) is 0 Å². The molecule has 6 nitrogen and oxygen atoms in total. The molecular formula is C9H18N2O4. The van der Waals surface area contributed by atoms with Crippen LogP contribution in [0.4, 0.5) is 0 Å². The molecule has 0 rings (SSSR count). The molecule has 15 heavy (non-hydrogen) atoms. The maximum Gasteiger partial charge on any atom is 0.326 e. The number of nitrogens with two attached hydrogens (primary N) is 1. The molecule has 0 heterocycles. The quantitative estimate of drug-likeness (QED) is 0.453. The van der Waals surface area contributed by atoms with E-state index in [-0.39, 0.29) is 12.5 Å². The Morgan fingerprint density at radius 2 is 1.93 bits per heavy atom. The normalized spacial score (nSPS) is 14.7. The standard InChI is InChI=1S/C9H18N2O4/c1-5(2)3-6(9(14)15)11-8(13)7(12)4-10/h5-7,12H,3-4,10H2,1-2H3,(H,11,13)(H,14,15)/t6-,7?/m0/s1. The molecule has 0 spiro atoms. The number of aliphatic hydroxyl groups excluding tert-OH is 1. The van der Waals surface area contributed by atoms with Gasteiger partial charge in [0, 0.05) is 6.54 Å². The van der Waals surface area contributed by atoms with E-state index in [0.29, 0.717) is 6.42 Å². The van der Waals surface area contributed by atoms with E-state index in [9.17, 15) is 9.59 Å². The van der Waals surface area contributed by atoms with Gasteiger partial charge >= 0.3 is 5.97 Å². The summed E-state index contributed by atoms with van der Waals surface area (Å²) >= 11 is 0. The number of rotatable bonds is 6. The van der Waals surface area contributed by atoms with Crippen LogP contribution in [0, 0.1) is 5.92 Å². The zero-order chi connectivity index (χ0) is 12.0. The van der Waals surface area contributed by atoms with Crippen LogP contribution in [0.1, 0.15) is 20.3 Å². The lowest BCUT2D eigenvalue weighted by molar-refractivity contribution is -0.143. The Morgan fingerprint density at radius 1 is 1.40 bits per heavy atom. The topological polar surface area (TPSA) is 113 Å². The molecular weight excluding hydrogens is 200 g/mol. The summed E-state index contributed by atoms with van der Waals surface area (Å²) in [5.74, 6) is -1.71. The molecule has 2 atom stereocenters. The number of hydrogen-bond donors (Lipinski definition) is 4. The number of aliphatic hydroxyl groups is 1. The summed E-state index contributed by atoms with van der Waals surface area (Å²) in [5, 5.41) is 20.1. The highest BCUT2D eigenvalue weighted by Gasteiger charge is 2.23. The molecule has 88 valence electrons. The van der Waals surface area contributed by atoms with Crippen LogP contribution in [0.25, 0.3) is 0 Å². The van der Waals surface area contributed by atoms with Crippen molar-refractivity contribution in [3.05, 3.63) is 0 Å². The van der Waals surface area contributed by atoms with Gasteiger partial charge in [-0.05, 0) is 12.3 Å². The van der Waals surface area contributed by atoms with Crippen LogP contribution in [0.5, 0.6) is 0 Å². The Hall–Kier alpha value is -1.14. The average molecular weight is 218 g/mol. The van der Waals surface area contributed by atoms with E-state index >= 15 is 0 Å². The molecule has 0 aromatic carbocycles. The van der Waals surface area contributed by atoms with Crippen LogP contribution in [0.3, 0.4) is 0 Å². The highest BCUT2D eigenvalue weighted by Crippen LogP contribution is 2.05. The van der Waals surface area contributed by atoms with E-state index in [0.717, 1.165) is 0 Å². The number of carbonyl (C=O) groups excluding carboxylic acids is 1. The van der Waals surface area contributed by atoms with Gasteiger partial charge in [-0.1, -0.05) is 13.8 Å². The highest BCUT2D eigenvalue weighted by molar-refractivity contribution is 5.86. The van der Waals surface area contributed by atoms with Crippen LogP contribution in [0.15, 0.2) is 0 Å². The second-order valence-corrected chi connectivity index (χ2v) is 3.78. The fraction of sp³-hybridized carbons (Fsp3) is 0.778. The van der Waals surface area contributed by atoms with E-state index in [2.05, 4.69) is 5.32 Å². The van der Waals surface area contributed by atoms with E-state index < -0.39 is 24.0 Å². The summed E-state index contributed by atoms with van der Waals surface area (Å²) in [7, 11) is 0. The number of hydrogen-bond acceptors (Lipinski definition) is 4. The first-order chi connectivity index (χ1) is 6.88. The van der Waals surface area contributed by atoms with Gasteiger partial charge in [-0.3, -0.25) is 4.79 Å². The number of carbonyl (C=O) groups is 2. The number of aliphatic carboxylic acids is 1. The zero-order valence-electron chi connectivity index (χ0n) is 8.93. The monoisotopic (exact) mass is 218 g/mol.